The second-order valence-electron chi connectivity index (χ2n) is 8.26. The Balaban J connectivity index is 1.65. The number of hydrogen-bond donors (Lipinski definition) is 2. The lowest BCUT2D eigenvalue weighted by Crippen LogP contribution is -2.28. The molecule has 1 aromatic heterocycles. The van der Waals surface area contributed by atoms with Gasteiger partial charge in [-0.2, -0.15) is 0 Å². The average Bonchev–Trinajstić information content (AvgIpc) is 3.17. The molecular weight excluding hydrogens is 434 g/mol. The Kier molecular flexibility index (Phi) is 7.92. The van der Waals surface area contributed by atoms with Gasteiger partial charge in [0.15, 0.2) is 11.0 Å². The first-order valence-electron chi connectivity index (χ1n) is 11.0. The van der Waals surface area contributed by atoms with Crippen LogP contribution in [0.15, 0.2) is 41.6 Å². The van der Waals surface area contributed by atoms with Crippen LogP contribution >= 0.6 is 11.8 Å². The van der Waals surface area contributed by atoms with Gasteiger partial charge in [0, 0.05) is 17.8 Å². The highest BCUT2D eigenvalue weighted by molar-refractivity contribution is 7.99. The maximum absolute atomic E-state index is 12.6. The summed E-state index contributed by atoms with van der Waals surface area (Å²) in [5.41, 5.74) is 5.75. The summed E-state index contributed by atoms with van der Waals surface area (Å²) >= 11 is 1.33. The van der Waals surface area contributed by atoms with Crippen molar-refractivity contribution in [1.29, 1.82) is 0 Å². The molecule has 2 N–H and O–H groups in total. The number of nitrogens with one attached hydrogen (secondary N) is 2. The average molecular weight is 466 g/mol. The smallest absolute Gasteiger partial charge is 0.251 e. The zero-order valence-electron chi connectivity index (χ0n) is 20.0. The molecule has 8 heteroatoms. The predicted octanol–water partition coefficient (Wildman–Crippen LogP) is 4.75. The van der Waals surface area contributed by atoms with Gasteiger partial charge >= 0.3 is 0 Å². The van der Waals surface area contributed by atoms with Crippen LogP contribution in [-0.4, -0.2) is 32.3 Å². The minimum Gasteiger partial charge on any atom is -0.342 e. The van der Waals surface area contributed by atoms with Gasteiger partial charge in [-0.3, -0.25) is 9.59 Å². The van der Waals surface area contributed by atoms with Crippen LogP contribution in [-0.2, 0) is 11.3 Å². The van der Waals surface area contributed by atoms with Gasteiger partial charge in [-0.05, 0) is 64.8 Å². The molecule has 2 aromatic carbocycles. The van der Waals surface area contributed by atoms with Gasteiger partial charge in [0.2, 0.25) is 5.91 Å². The van der Waals surface area contributed by atoms with Gasteiger partial charge in [0.1, 0.15) is 0 Å². The number of aryl methyl sites for hydroxylation is 4. The van der Waals surface area contributed by atoms with Crippen molar-refractivity contribution in [2.24, 2.45) is 0 Å². The zero-order chi connectivity index (χ0) is 24.1. The van der Waals surface area contributed by atoms with Gasteiger partial charge in [-0.1, -0.05) is 47.2 Å². The number of rotatable bonds is 8. The molecule has 0 saturated carbocycles. The molecule has 2 amide bonds. The summed E-state index contributed by atoms with van der Waals surface area (Å²) in [6.07, 6.45) is 0. The summed E-state index contributed by atoms with van der Waals surface area (Å²) in [5, 5.41) is 15.2. The number of carbonyl (C=O) groups is 2. The fraction of sp³-hybridized carbons (Fsp3) is 0.360. The van der Waals surface area contributed by atoms with Crippen molar-refractivity contribution in [3.8, 4) is 0 Å². The molecule has 3 aromatic rings. The van der Waals surface area contributed by atoms with Crippen molar-refractivity contribution in [1.82, 2.24) is 20.1 Å². The van der Waals surface area contributed by atoms with Crippen molar-refractivity contribution in [2.75, 3.05) is 11.1 Å². The summed E-state index contributed by atoms with van der Waals surface area (Å²) < 4.78 is 1.93. The second kappa shape index (κ2) is 10.7. The topological polar surface area (TPSA) is 88.9 Å². The van der Waals surface area contributed by atoms with Crippen LogP contribution in [0, 0.1) is 27.7 Å². The van der Waals surface area contributed by atoms with Gasteiger partial charge in [0.05, 0.1) is 11.8 Å². The fourth-order valence-electron chi connectivity index (χ4n) is 3.84. The largest absolute Gasteiger partial charge is 0.342 e. The molecule has 33 heavy (non-hydrogen) atoms. The Hall–Kier alpha value is -3.13. The third-order valence-electron chi connectivity index (χ3n) is 5.35. The predicted molar refractivity (Wildman–Crippen MR) is 133 cm³/mol. The van der Waals surface area contributed by atoms with Crippen LogP contribution in [0.3, 0.4) is 0 Å². The Morgan fingerprint density at radius 1 is 1.03 bits per heavy atom. The summed E-state index contributed by atoms with van der Waals surface area (Å²) in [6.45, 7) is 12.5. The standard InChI is InChI=1S/C25H31N5O2S/c1-7-30-23(19(6)26-24(32)20-10-8-9-15(2)13-20)28-29-25(30)33-14-21(31)27-22-17(4)11-16(3)12-18(22)5/h8-13,19H,7,14H2,1-6H3,(H,26,32)(H,27,31)/t19-/m1/s1. The first kappa shape index (κ1) is 24.5. The van der Waals surface area contributed by atoms with E-state index in [2.05, 4.69) is 33.0 Å². The lowest BCUT2D eigenvalue weighted by atomic mass is 10.1. The number of carbonyl (C=O) groups excluding carboxylic acids is 2. The highest BCUT2D eigenvalue weighted by Crippen LogP contribution is 2.24. The van der Waals surface area contributed by atoms with E-state index in [-0.39, 0.29) is 23.6 Å². The second-order valence-corrected chi connectivity index (χ2v) is 9.20. The molecule has 0 spiro atoms. The number of benzene rings is 2. The number of nitrogens with zero attached hydrogens (tertiary/aromatic N) is 3. The maximum Gasteiger partial charge on any atom is 0.251 e. The van der Waals surface area contributed by atoms with E-state index in [0.29, 0.717) is 23.1 Å². The van der Waals surface area contributed by atoms with Gasteiger partial charge in [-0.25, -0.2) is 0 Å². The Morgan fingerprint density at radius 3 is 2.36 bits per heavy atom. The molecule has 1 atom stereocenters. The summed E-state index contributed by atoms with van der Waals surface area (Å²) in [5.74, 6) is 0.624. The lowest BCUT2D eigenvalue weighted by molar-refractivity contribution is -0.113. The van der Waals surface area contributed by atoms with Crippen LogP contribution in [0.4, 0.5) is 5.69 Å². The van der Waals surface area contributed by atoms with E-state index in [0.717, 1.165) is 22.4 Å². The van der Waals surface area contributed by atoms with Crippen LogP contribution in [0.1, 0.15) is 58.3 Å². The lowest BCUT2D eigenvalue weighted by Gasteiger charge is -2.15. The molecule has 0 aliphatic rings. The normalized spacial score (nSPS) is 11.8. The molecule has 0 bridgehead atoms. The number of thioether (sulfide) groups is 1. The van der Waals surface area contributed by atoms with Crippen molar-refractivity contribution < 1.29 is 9.59 Å². The van der Waals surface area contributed by atoms with E-state index < -0.39 is 0 Å². The van der Waals surface area contributed by atoms with Crippen molar-refractivity contribution in [3.63, 3.8) is 0 Å². The number of aromatic nitrogens is 3. The number of anilines is 1. The summed E-state index contributed by atoms with van der Waals surface area (Å²) in [4.78, 5) is 25.2. The molecular formula is C25H31N5O2S. The van der Waals surface area contributed by atoms with Gasteiger partial charge in [0.25, 0.3) is 5.91 Å². The highest BCUT2D eigenvalue weighted by Gasteiger charge is 2.20. The molecule has 174 valence electrons. The Labute approximate surface area is 199 Å². The minimum absolute atomic E-state index is 0.0944. The third kappa shape index (κ3) is 6.01. The van der Waals surface area contributed by atoms with Crippen molar-refractivity contribution in [2.45, 2.75) is 59.3 Å². The molecule has 0 saturated heterocycles. The van der Waals surface area contributed by atoms with E-state index in [4.69, 9.17) is 0 Å². The number of amides is 2. The molecule has 3 rings (SSSR count). The molecule has 0 radical (unpaired) electrons. The Morgan fingerprint density at radius 2 is 1.73 bits per heavy atom. The molecule has 0 aliphatic heterocycles. The number of hydrogen-bond acceptors (Lipinski definition) is 5. The van der Waals surface area contributed by atoms with E-state index in [9.17, 15) is 9.59 Å². The van der Waals surface area contributed by atoms with Crippen LogP contribution in [0.2, 0.25) is 0 Å². The van der Waals surface area contributed by atoms with Crippen LogP contribution < -0.4 is 10.6 Å². The van der Waals surface area contributed by atoms with Crippen molar-refractivity contribution in [3.05, 3.63) is 70.0 Å². The fourth-order valence-corrected chi connectivity index (χ4v) is 4.65. The van der Waals surface area contributed by atoms with Gasteiger partial charge in [-0.15, -0.1) is 10.2 Å². The first-order valence-corrected chi connectivity index (χ1v) is 12.0. The van der Waals surface area contributed by atoms with Gasteiger partial charge < -0.3 is 15.2 Å². The van der Waals surface area contributed by atoms with E-state index in [1.165, 1.54) is 17.3 Å². The Bertz CT molecular complexity index is 1150. The minimum atomic E-state index is -0.327. The zero-order valence-corrected chi connectivity index (χ0v) is 20.8. The SMILES string of the molecule is CCn1c(SCC(=O)Nc2c(C)cc(C)cc2C)nnc1[C@@H](C)NC(=O)c1cccc(C)c1. The monoisotopic (exact) mass is 465 g/mol. The van der Waals surface area contributed by atoms with Crippen molar-refractivity contribution >= 4 is 29.3 Å². The van der Waals surface area contributed by atoms with Crippen LogP contribution in [0.25, 0.3) is 0 Å². The van der Waals surface area contributed by atoms with E-state index in [1.54, 1.807) is 6.07 Å². The van der Waals surface area contributed by atoms with E-state index in [1.807, 2.05) is 64.3 Å². The first-order chi connectivity index (χ1) is 15.7. The maximum atomic E-state index is 12.6. The quantitative estimate of drug-likeness (QED) is 0.469. The summed E-state index contributed by atoms with van der Waals surface area (Å²) in [6, 6.07) is 11.2. The molecule has 7 nitrogen and oxygen atoms in total. The van der Waals surface area contributed by atoms with E-state index >= 15 is 0 Å². The molecule has 0 unspecified atom stereocenters. The van der Waals surface area contributed by atoms with Crippen LogP contribution in [0.5, 0.6) is 0 Å². The highest BCUT2D eigenvalue weighted by atomic mass is 32.2. The third-order valence-corrected chi connectivity index (χ3v) is 6.32. The molecule has 1 heterocycles. The molecule has 0 aliphatic carbocycles. The molecule has 0 fully saturated rings. The summed E-state index contributed by atoms with van der Waals surface area (Å²) in [7, 11) is 0.